The number of carbonyl (C=O) groups excluding carboxylic acids is 1. The number of nitrogens with one attached hydrogen (secondary N) is 1. The summed E-state index contributed by atoms with van der Waals surface area (Å²) in [6.45, 7) is 6.67. The highest BCUT2D eigenvalue weighted by molar-refractivity contribution is 5.84. The molecule has 6 nitrogen and oxygen atoms in total. The number of aliphatic carboxylic acids is 1. The molecule has 1 fully saturated rings. The Morgan fingerprint density at radius 2 is 2.00 bits per heavy atom. The van der Waals surface area contributed by atoms with Crippen molar-refractivity contribution in [3.8, 4) is 0 Å². The quantitative estimate of drug-likeness (QED) is 0.561. The van der Waals surface area contributed by atoms with Gasteiger partial charge in [0, 0.05) is 30.4 Å². The molecule has 2 N–H and O–H groups in total. The van der Waals surface area contributed by atoms with Gasteiger partial charge in [0.15, 0.2) is 0 Å². The van der Waals surface area contributed by atoms with Gasteiger partial charge in [-0.15, -0.1) is 0 Å². The van der Waals surface area contributed by atoms with Gasteiger partial charge in [-0.3, -0.25) is 9.78 Å². The van der Waals surface area contributed by atoms with E-state index in [-0.39, 0.29) is 11.8 Å². The highest BCUT2D eigenvalue weighted by Gasteiger charge is 2.27. The maximum atomic E-state index is 12.3. The number of amides is 1. The van der Waals surface area contributed by atoms with Crippen LogP contribution in [-0.4, -0.2) is 52.5 Å². The molecule has 1 amide bonds. The van der Waals surface area contributed by atoms with E-state index in [4.69, 9.17) is 4.98 Å². The minimum atomic E-state index is -0.937. The zero-order valence-corrected chi connectivity index (χ0v) is 19.2. The molecule has 31 heavy (non-hydrogen) atoms. The van der Waals surface area contributed by atoms with Crippen LogP contribution in [0.3, 0.4) is 0 Å². The van der Waals surface area contributed by atoms with Crippen molar-refractivity contribution < 1.29 is 14.7 Å². The molecule has 0 radical (unpaired) electrons. The van der Waals surface area contributed by atoms with Crippen LogP contribution in [0.4, 0.5) is 0 Å². The standard InChI is InChI=1S/C25H39N3O3/c1-3-19(4-2)24(29)27-23(25(30)31)14-16-28-15-13-18(17-28)9-11-21-12-10-20-7-5-6-8-22(20)26-21/h10,12,18-19,23H,3-9,11,13-17H2,1-2H3,(H,27,29)(H,30,31)/t18-,23+/m1/s1. The first-order valence-corrected chi connectivity index (χ1v) is 12.2. The van der Waals surface area contributed by atoms with Crippen LogP contribution in [0.15, 0.2) is 12.1 Å². The molecule has 1 aliphatic heterocycles. The van der Waals surface area contributed by atoms with Crippen molar-refractivity contribution in [3.05, 3.63) is 29.1 Å². The van der Waals surface area contributed by atoms with E-state index < -0.39 is 12.0 Å². The van der Waals surface area contributed by atoms with Crippen molar-refractivity contribution >= 4 is 11.9 Å². The van der Waals surface area contributed by atoms with Crippen molar-refractivity contribution in [2.75, 3.05) is 19.6 Å². The number of pyridine rings is 1. The highest BCUT2D eigenvalue weighted by atomic mass is 16.4. The van der Waals surface area contributed by atoms with Crippen molar-refractivity contribution in [1.29, 1.82) is 0 Å². The summed E-state index contributed by atoms with van der Waals surface area (Å²) < 4.78 is 0. The summed E-state index contributed by atoms with van der Waals surface area (Å²) in [5, 5.41) is 12.3. The molecule has 1 aliphatic carbocycles. The number of nitrogens with zero attached hydrogens (tertiary/aromatic N) is 2. The molecule has 0 saturated carbocycles. The largest absolute Gasteiger partial charge is 0.480 e. The second-order valence-corrected chi connectivity index (χ2v) is 9.31. The normalized spacial score (nSPS) is 19.9. The molecule has 3 rings (SSSR count). The van der Waals surface area contributed by atoms with E-state index in [1.54, 1.807) is 0 Å². The Morgan fingerprint density at radius 3 is 2.74 bits per heavy atom. The van der Waals surface area contributed by atoms with E-state index in [2.05, 4.69) is 22.3 Å². The second kappa shape index (κ2) is 11.6. The molecule has 0 spiro atoms. The van der Waals surface area contributed by atoms with Crippen molar-refractivity contribution in [2.45, 2.75) is 84.1 Å². The summed E-state index contributed by atoms with van der Waals surface area (Å²) in [6.07, 6.45) is 10.1. The Bertz CT molecular complexity index is 748. The molecule has 1 saturated heterocycles. The number of carbonyl (C=O) groups is 2. The molecule has 0 aromatic carbocycles. The molecule has 2 atom stereocenters. The van der Waals surface area contributed by atoms with E-state index in [1.165, 1.54) is 36.2 Å². The Kier molecular flexibility index (Phi) is 8.88. The van der Waals surface area contributed by atoms with E-state index in [0.717, 1.165) is 51.6 Å². The number of fused-ring (bicyclic) bond motifs is 1. The first kappa shape index (κ1) is 23.7. The van der Waals surface area contributed by atoms with Gasteiger partial charge in [0.1, 0.15) is 6.04 Å². The van der Waals surface area contributed by atoms with Gasteiger partial charge in [0.05, 0.1) is 0 Å². The Balaban J connectivity index is 1.42. The summed E-state index contributed by atoms with van der Waals surface area (Å²) in [5.41, 5.74) is 3.97. The monoisotopic (exact) mass is 429 g/mol. The van der Waals surface area contributed by atoms with E-state index in [1.807, 2.05) is 13.8 Å². The van der Waals surface area contributed by atoms with Gasteiger partial charge in [-0.1, -0.05) is 19.9 Å². The summed E-state index contributed by atoms with van der Waals surface area (Å²) in [5.74, 6) is -0.529. The fourth-order valence-corrected chi connectivity index (χ4v) is 4.99. The van der Waals surface area contributed by atoms with E-state index >= 15 is 0 Å². The third-order valence-electron chi connectivity index (χ3n) is 7.12. The number of aryl methyl sites for hydroxylation is 3. The van der Waals surface area contributed by atoms with Crippen molar-refractivity contribution in [2.24, 2.45) is 11.8 Å². The lowest BCUT2D eigenvalue weighted by atomic mass is 9.95. The lowest BCUT2D eigenvalue weighted by Crippen LogP contribution is -2.45. The molecular weight excluding hydrogens is 390 g/mol. The van der Waals surface area contributed by atoms with Gasteiger partial charge in [-0.2, -0.15) is 0 Å². The fraction of sp³-hybridized carbons (Fsp3) is 0.720. The number of likely N-dealkylation sites (tertiary alicyclic amines) is 1. The van der Waals surface area contributed by atoms with Gasteiger partial charge in [0.2, 0.25) is 5.91 Å². The number of hydrogen-bond donors (Lipinski definition) is 2. The Hall–Kier alpha value is -1.95. The maximum Gasteiger partial charge on any atom is 0.326 e. The second-order valence-electron chi connectivity index (χ2n) is 9.31. The fourth-order valence-electron chi connectivity index (χ4n) is 4.99. The number of carboxylic acid groups (broad SMARTS) is 1. The van der Waals surface area contributed by atoms with Crippen LogP contribution in [0.25, 0.3) is 0 Å². The summed E-state index contributed by atoms with van der Waals surface area (Å²) in [4.78, 5) is 31.2. The molecule has 6 heteroatoms. The van der Waals surface area contributed by atoms with Gasteiger partial charge in [-0.25, -0.2) is 4.79 Å². The lowest BCUT2D eigenvalue weighted by Gasteiger charge is -2.22. The van der Waals surface area contributed by atoms with Gasteiger partial charge in [-0.05, 0) is 88.3 Å². The van der Waals surface area contributed by atoms with Crippen LogP contribution in [0, 0.1) is 11.8 Å². The summed E-state index contributed by atoms with van der Waals surface area (Å²) >= 11 is 0. The molecule has 0 unspecified atom stereocenters. The molecule has 2 aliphatic rings. The number of rotatable bonds is 11. The third kappa shape index (κ3) is 6.76. The van der Waals surface area contributed by atoms with E-state index in [0.29, 0.717) is 18.9 Å². The van der Waals surface area contributed by atoms with Crippen molar-refractivity contribution in [1.82, 2.24) is 15.2 Å². The summed E-state index contributed by atoms with van der Waals surface area (Å²) in [7, 11) is 0. The summed E-state index contributed by atoms with van der Waals surface area (Å²) in [6, 6.07) is 3.68. The van der Waals surface area contributed by atoms with Crippen LogP contribution < -0.4 is 5.32 Å². The van der Waals surface area contributed by atoms with Gasteiger partial charge in [0.25, 0.3) is 0 Å². The SMILES string of the molecule is CCC(CC)C(=O)N[C@@H](CCN1CC[C@@H](CCc2ccc3c(n2)CCCC3)C1)C(=O)O. The third-order valence-corrected chi connectivity index (χ3v) is 7.12. The van der Waals surface area contributed by atoms with Crippen LogP contribution in [0.1, 0.15) is 75.7 Å². The predicted octanol–water partition coefficient (Wildman–Crippen LogP) is 3.61. The topological polar surface area (TPSA) is 82.5 Å². The number of hydrogen-bond acceptors (Lipinski definition) is 4. The predicted molar refractivity (Wildman–Crippen MR) is 122 cm³/mol. The van der Waals surface area contributed by atoms with Crippen molar-refractivity contribution in [3.63, 3.8) is 0 Å². The first-order valence-electron chi connectivity index (χ1n) is 12.2. The van der Waals surface area contributed by atoms with Crippen LogP contribution in [0.2, 0.25) is 0 Å². The smallest absolute Gasteiger partial charge is 0.326 e. The molecular formula is C25H39N3O3. The zero-order valence-electron chi connectivity index (χ0n) is 19.2. The molecule has 0 bridgehead atoms. The first-order chi connectivity index (χ1) is 15.0. The Morgan fingerprint density at radius 1 is 1.23 bits per heavy atom. The average Bonchev–Trinajstić information content (AvgIpc) is 3.23. The molecule has 2 heterocycles. The highest BCUT2D eigenvalue weighted by Crippen LogP contribution is 2.24. The van der Waals surface area contributed by atoms with Crippen LogP contribution in [0.5, 0.6) is 0 Å². The molecule has 1 aromatic heterocycles. The number of carboxylic acids is 1. The number of aromatic nitrogens is 1. The van der Waals surface area contributed by atoms with Gasteiger partial charge >= 0.3 is 5.97 Å². The van der Waals surface area contributed by atoms with Crippen LogP contribution >= 0.6 is 0 Å². The molecule has 172 valence electrons. The minimum Gasteiger partial charge on any atom is -0.480 e. The Labute approximate surface area is 186 Å². The zero-order chi connectivity index (χ0) is 22.2. The maximum absolute atomic E-state index is 12.3. The lowest BCUT2D eigenvalue weighted by molar-refractivity contribution is -0.142. The van der Waals surface area contributed by atoms with Gasteiger partial charge < -0.3 is 15.3 Å². The minimum absolute atomic E-state index is 0.102. The molecule has 1 aromatic rings. The average molecular weight is 430 g/mol. The van der Waals surface area contributed by atoms with Crippen LogP contribution in [-0.2, 0) is 28.9 Å². The van der Waals surface area contributed by atoms with E-state index in [9.17, 15) is 14.7 Å².